The highest BCUT2D eigenvalue weighted by Crippen LogP contribution is 2.38. The van der Waals surface area contributed by atoms with Crippen molar-refractivity contribution in [3.8, 4) is 5.75 Å². The van der Waals surface area contributed by atoms with E-state index in [9.17, 15) is 4.79 Å². The van der Waals surface area contributed by atoms with Gasteiger partial charge in [-0.1, -0.05) is 53.7 Å². The normalized spacial score (nSPS) is 13.6. The number of benzene rings is 1. The minimum absolute atomic E-state index is 0.0228. The number of methoxy groups -OCH3 is 1. The quantitative estimate of drug-likeness (QED) is 0.663. The molecule has 1 rings (SSSR count). The first-order valence-corrected chi connectivity index (χ1v) is 8.48. The number of carbonyl (C=O) groups excluding carboxylic acids is 1. The lowest BCUT2D eigenvalue weighted by Gasteiger charge is -2.31. The molecule has 0 aliphatic carbocycles. The van der Waals surface area contributed by atoms with E-state index in [2.05, 4.69) is 53.7 Å². The van der Waals surface area contributed by atoms with Gasteiger partial charge in [-0.3, -0.25) is 0 Å². The maximum atomic E-state index is 11.7. The van der Waals surface area contributed by atoms with Crippen LogP contribution in [0.1, 0.15) is 72.4 Å². The van der Waals surface area contributed by atoms with Crippen molar-refractivity contribution in [3.63, 3.8) is 0 Å². The molecule has 3 nitrogen and oxygen atoms in total. The van der Waals surface area contributed by atoms with Crippen LogP contribution < -0.4 is 4.74 Å². The van der Waals surface area contributed by atoms with Crippen LogP contribution in [0, 0.1) is 0 Å². The Balaban J connectivity index is 3.33. The summed E-state index contributed by atoms with van der Waals surface area (Å²) in [6.07, 6.45) is 1.44. The zero-order valence-electron chi connectivity index (χ0n) is 15.9. The van der Waals surface area contributed by atoms with E-state index < -0.39 is 6.10 Å². The lowest BCUT2D eigenvalue weighted by molar-refractivity contribution is -0.147. The van der Waals surface area contributed by atoms with Crippen LogP contribution >= 0.6 is 0 Å². The van der Waals surface area contributed by atoms with Crippen molar-refractivity contribution in [2.75, 3.05) is 7.11 Å². The molecule has 0 heterocycles. The third-order valence-electron chi connectivity index (χ3n) is 5.09. The Morgan fingerprint density at radius 2 is 1.65 bits per heavy atom. The van der Waals surface area contributed by atoms with Crippen LogP contribution in [0.4, 0.5) is 0 Å². The average molecular weight is 320 g/mol. The van der Waals surface area contributed by atoms with E-state index in [1.54, 1.807) is 6.92 Å². The van der Waals surface area contributed by atoms with Gasteiger partial charge in [0.15, 0.2) is 6.10 Å². The van der Waals surface area contributed by atoms with Crippen LogP contribution in [-0.2, 0) is 20.4 Å². The van der Waals surface area contributed by atoms with Gasteiger partial charge in [-0.05, 0) is 42.2 Å². The van der Waals surface area contributed by atoms with Gasteiger partial charge in [-0.2, -0.15) is 0 Å². The number of rotatable bonds is 7. The maximum absolute atomic E-state index is 11.7. The molecular formula is C20H32O3. The molecule has 0 fully saturated rings. The van der Waals surface area contributed by atoms with Gasteiger partial charge in [-0.15, -0.1) is 0 Å². The monoisotopic (exact) mass is 320 g/mol. The topological polar surface area (TPSA) is 35.5 Å². The Labute approximate surface area is 141 Å². The van der Waals surface area contributed by atoms with Crippen LogP contribution in [0.3, 0.4) is 0 Å². The van der Waals surface area contributed by atoms with E-state index >= 15 is 0 Å². The van der Waals surface area contributed by atoms with E-state index in [0.717, 1.165) is 24.2 Å². The van der Waals surface area contributed by atoms with Crippen molar-refractivity contribution < 1.29 is 14.3 Å². The first-order valence-electron chi connectivity index (χ1n) is 8.48. The number of carbonyl (C=O) groups is 1. The van der Waals surface area contributed by atoms with Crippen molar-refractivity contribution in [2.45, 2.75) is 78.2 Å². The summed E-state index contributed by atoms with van der Waals surface area (Å²) >= 11 is 0. The predicted molar refractivity (Wildman–Crippen MR) is 95.2 cm³/mol. The highest BCUT2D eigenvalue weighted by Gasteiger charge is 2.28. The molecule has 0 aliphatic heterocycles. The fraction of sp³-hybridized carbons (Fsp3) is 0.650. The number of hydrogen-bond acceptors (Lipinski definition) is 3. The summed E-state index contributed by atoms with van der Waals surface area (Å²) in [5.74, 6) is 0.411. The molecule has 0 amide bonds. The lowest BCUT2D eigenvalue weighted by Crippen LogP contribution is -2.27. The zero-order valence-corrected chi connectivity index (χ0v) is 15.9. The molecule has 1 aromatic carbocycles. The van der Waals surface area contributed by atoms with Gasteiger partial charge >= 0.3 is 5.97 Å². The second kappa shape index (κ2) is 7.37. The molecule has 3 heteroatoms. The Hall–Kier alpha value is -1.51. The van der Waals surface area contributed by atoms with E-state index in [1.807, 2.05) is 6.07 Å². The fourth-order valence-corrected chi connectivity index (χ4v) is 2.38. The van der Waals surface area contributed by atoms with Crippen LogP contribution in [-0.4, -0.2) is 19.2 Å². The molecule has 0 saturated carbocycles. The molecule has 0 N–H and O–H groups in total. The van der Waals surface area contributed by atoms with Gasteiger partial charge in [-0.25, -0.2) is 4.79 Å². The summed E-state index contributed by atoms with van der Waals surface area (Å²) in [5.41, 5.74) is 2.54. The molecule has 0 aromatic heterocycles. The van der Waals surface area contributed by atoms with Gasteiger partial charge < -0.3 is 9.47 Å². The van der Waals surface area contributed by atoms with E-state index in [1.165, 1.54) is 12.7 Å². The highest BCUT2D eigenvalue weighted by atomic mass is 16.6. The number of ether oxygens (including phenoxy) is 2. The summed E-state index contributed by atoms with van der Waals surface area (Å²) in [7, 11) is 1.38. The lowest BCUT2D eigenvalue weighted by atomic mass is 9.76. The highest BCUT2D eigenvalue weighted by molar-refractivity contribution is 5.74. The van der Waals surface area contributed by atoms with Gasteiger partial charge in [0.05, 0.1) is 7.11 Å². The fourth-order valence-electron chi connectivity index (χ4n) is 2.38. The molecule has 0 radical (unpaired) electrons. The first kappa shape index (κ1) is 19.5. The maximum Gasteiger partial charge on any atom is 0.346 e. The summed E-state index contributed by atoms with van der Waals surface area (Å²) in [4.78, 5) is 11.7. The molecule has 0 saturated heterocycles. The van der Waals surface area contributed by atoms with Crippen molar-refractivity contribution in [1.82, 2.24) is 0 Å². The summed E-state index contributed by atoms with van der Waals surface area (Å²) in [5, 5.41) is 0. The van der Waals surface area contributed by atoms with Gasteiger partial charge in [0.1, 0.15) is 5.75 Å². The molecule has 0 bridgehead atoms. The minimum Gasteiger partial charge on any atom is -0.479 e. The summed E-state index contributed by atoms with van der Waals surface area (Å²) < 4.78 is 10.7. The third-order valence-corrected chi connectivity index (χ3v) is 5.09. The second-order valence-electron chi connectivity index (χ2n) is 7.47. The van der Waals surface area contributed by atoms with Crippen LogP contribution in [0.25, 0.3) is 0 Å². The molecule has 1 atom stereocenters. The van der Waals surface area contributed by atoms with Crippen molar-refractivity contribution >= 4 is 5.97 Å². The van der Waals surface area contributed by atoms with Crippen molar-refractivity contribution in [1.29, 1.82) is 0 Å². The van der Waals surface area contributed by atoms with Gasteiger partial charge in [0.2, 0.25) is 0 Å². The predicted octanol–water partition coefficient (Wildman–Crippen LogP) is 5.00. The van der Waals surface area contributed by atoms with E-state index in [4.69, 9.17) is 9.47 Å². The van der Waals surface area contributed by atoms with Crippen molar-refractivity contribution in [2.24, 2.45) is 0 Å². The largest absolute Gasteiger partial charge is 0.479 e. The van der Waals surface area contributed by atoms with Crippen LogP contribution in [0.15, 0.2) is 18.2 Å². The standard InChI is InChI=1S/C20H32O3/c1-9-19(4,5)15-11-12-17(23-14(3)18(21)22-8)16(13-15)20(6,7)10-2/h11-14H,9-10H2,1-8H3. The zero-order chi connectivity index (χ0) is 17.8. The number of esters is 1. The molecule has 130 valence electrons. The molecular weight excluding hydrogens is 288 g/mol. The smallest absolute Gasteiger partial charge is 0.346 e. The number of hydrogen-bond donors (Lipinski definition) is 0. The molecule has 23 heavy (non-hydrogen) atoms. The Morgan fingerprint density at radius 1 is 1.09 bits per heavy atom. The first-order chi connectivity index (χ1) is 10.6. The Kier molecular flexibility index (Phi) is 6.26. The molecule has 0 spiro atoms. The van der Waals surface area contributed by atoms with Gasteiger partial charge in [0, 0.05) is 5.56 Å². The Morgan fingerprint density at radius 3 is 2.13 bits per heavy atom. The van der Waals surface area contributed by atoms with Gasteiger partial charge in [0.25, 0.3) is 0 Å². The van der Waals surface area contributed by atoms with Crippen LogP contribution in [0.2, 0.25) is 0 Å². The van der Waals surface area contributed by atoms with Crippen molar-refractivity contribution in [3.05, 3.63) is 29.3 Å². The average Bonchev–Trinajstić information content (AvgIpc) is 2.53. The van der Waals surface area contributed by atoms with E-state index in [-0.39, 0.29) is 16.8 Å². The second-order valence-corrected chi connectivity index (χ2v) is 7.47. The molecule has 0 aliphatic rings. The minimum atomic E-state index is -0.614. The third kappa shape index (κ3) is 4.49. The van der Waals surface area contributed by atoms with Crippen LogP contribution in [0.5, 0.6) is 5.75 Å². The SMILES string of the molecule is CCC(C)(C)c1ccc(OC(C)C(=O)OC)c(C(C)(C)CC)c1. The molecule has 1 aromatic rings. The van der Waals surface area contributed by atoms with E-state index in [0.29, 0.717) is 0 Å². The summed E-state index contributed by atoms with van der Waals surface area (Å²) in [6.45, 7) is 15.0. The summed E-state index contributed by atoms with van der Waals surface area (Å²) in [6, 6.07) is 6.35. The molecule has 1 unspecified atom stereocenters. The Bertz CT molecular complexity index is 544.